The van der Waals surface area contributed by atoms with Gasteiger partial charge in [-0.1, -0.05) is 13.8 Å². The zero-order valence-corrected chi connectivity index (χ0v) is 17.7. The second-order valence-corrected chi connectivity index (χ2v) is 9.17. The molecule has 7 heteroatoms. The van der Waals surface area contributed by atoms with Crippen LogP contribution >= 0.6 is 12.2 Å². The number of ether oxygens (including phenoxy) is 2. The Labute approximate surface area is 163 Å². The Morgan fingerprint density at radius 3 is 2.50 bits per heavy atom. The SMILES string of the molecule is CC(C)CNC(=S)N1CCC([C@@H]2OCC[C@H]2NC(=O)OC(C)(C)C)CC1. The number of rotatable bonds is 4. The fourth-order valence-corrected chi connectivity index (χ4v) is 3.79. The molecule has 2 fully saturated rings. The van der Waals surface area contributed by atoms with Gasteiger partial charge in [-0.2, -0.15) is 0 Å². The normalized spacial score (nSPS) is 24.6. The van der Waals surface area contributed by atoms with E-state index in [0.29, 0.717) is 18.4 Å². The maximum absolute atomic E-state index is 12.1. The van der Waals surface area contributed by atoms with Crippen LogP contribution in [0.25, 0.3) is 0 Å². The molecule has 26 heavy (non-hydrogen) atoms. The third-order valence-corrected chi connectivity index (χ3v) is 5.19. The predicted molar refractivity (Wildman–Crippen MR) is 107 cm³/mol. The summed E-state index contributed by atoms with van der Waals surface area (Å²) >= 11 is 5.51. The van der Waals surface area contributed by atoms with E-state index in [4.69, 9.17) is 21.7 Å². The summed E-state index contributed by atoms with van der Waals surface area (Å²) in [5.74, 6) is 1.03. The smallest absolute Gasteiger partial charge is 0.407 e. The molecule has 2 aliphatic heterocycles. The van der Waals surface area contributed by atoms with Gasteiger partial charge in [-0.3, -0.25) is 0 Å². The van der Waals surface area contributed by atoms with Crippen molar-refractivity contribution in [2.24, 2.45) is 11.8 Å². The van der Waals surface area contributed by atoms with E-state index in [1.807, 2.05) is 20.8 Å². The Bertz CT molecular complexity index is 485. The van der Waals surface area contributed by atoms with Crippen LogP contribution in [0.1, 0.15) is 53.9 Å². The van der Waals surface area contributed by atoms with Crippen molar-refractivity contribution in [3.63, 3.8) is 0 Å². The number of piperidine rings is 1. The molecule has 2 rings (SSSR count). The van der Waals surface area contributed by atoms with Crippen molar-refractivity contribution >= 4 is 23.4 Å². The number of hydrogen-bond donors (Lipinski definition) is 2. The third-order valence-electron chi connectivity index (χ3n) is 4.79. The lowest BCUT2D eigenvalue weighted by molar-refractivity contribution is 0.0202. The molecule has 6 nitrogen and oxygen atoms in total. The molecule has 0 spiro atoms. The summed E-state index contributed by atoms with van der Waals surface area (Å²) in [5.41, 5.74) is -0.483. The number of carbonyl (C=O) groups is 1. The molecule has 0 saturated carbocycles. The summed E-state index contributed by atoms with van der Waals surface area (Å²) in [6.45, 7) is 13.5. The Balaban J connectivity index is 1.80. The quantitative estimate of drug-likeness (QED) is 0.726. The third kappa shape index (κ3) is 6.58. The predicted octanol–water partition coefficient (Wildman–Crippen LogP) is 2.91. The summed E-state index contributed by atoms with van der Waals surface area (Å²) < 4.78 is 11.4. The molecule has 2 atom stereocenters. The van der Waals surface area contributed by atoms with Crippen molar-refractivity contribution in [3.8, 4) is 0 Å². The highest BCUT2D eigenvalue weighted by Gasteiger charge is 2.38. The molecule has 0 aromatic carbocycles. The molecule has 150 valence electrons. The minimum atomic E-state index is -0.483. The van der Waals surface area contributed by atoms with Gasteiger partial charge in [-0.05, 0) is 64.1 Å². The van der Waals surface area contributed by atoms with Crippen LogP contribution in [-0.4, -0.2) is 60.1 Å². The zero-order chi connectivity index (χ0) is 19.3. The molecule has 2 heterocycles. The van der Waals surface area contributed by atoms with Gasteiger partial charge in [-0.25, -0.2) is 4.79 Å². The minimum absolute atomic E-state index is 0.0346. The topological polar surface area (TPSA) is 62.8 Å². The fourth-order valence-electron chi connectivity index (χ4n) is 3.52. The van der Waals surface area contributed by atoms with Gasteiger partial charge < -0.3 is 25.0 Å². The number of nitrogens with zero attached hydrogens (tertiary/aromatic N) is 1. The average Bonchev–Trinajstić information content (AvgIpc) is 2.98. The van der Waals surface area contributed by atoms with Crippen LogP contribution in [0.4, 0.5) is 4.79 Å². The highest BCUT2D eigenvalue weighted by molar-refractivity contribution is 7.80. The van der Waals surface area contributed by atoms with E-state index in [0.717, 1.165) is 44.0 Å². The minimum Gasteiger partial charge on any atom is -0.444 e. The Morgan fingerprint density at radius 1 is 1.27 bits per heavy atom. The number of thiocarbonyl (C=S) groups is 1. The van der Waals surface area contributed by atoms with Gasteiger partial charge in [-0.15, -0.1) is 0 Å². The van der Waals surface area contributed by atoms with Crippen LogP contribution in [0.5, 0.6) is 0 Å². The maximum Gasteiger partial charge on any atom is 0.407 e. The molecular weight excluding hydrogens is 350 g/mol. The van der Waals surface area contributed by atoms with E-state index in [1.165, 1.54) is 0 Å². The first-order valence-corrected chi connectivity index (χ1v) is 10.2. The van der Waals surface area contributed by atoms with Gasteiger partial charge in [0.25, 0.3) is 0 Å². The van der Waals surface area contributed by atoms with Crippen LogP contribution in [-0.2, 0) is 9.47 Å². The van der Waals surface area contributed by atoms with Crippen molar-refractivity contribution in [2.75, 3.05) is 26.2 Å². The number of amides is 1. The highest BCUT2D eigenvalue weighted by atomic mass is 32.1. The molecule has 0 aromatic rings. The van der Waals surface area contributed by atoms with Gasteiger partial charge in [0, 0.05) is 26.2 Å². The lowest BCUT2D eigenvalue weighted by Crippen LogP contribution is -2.50. The Morgan fingerprint density at radius 2 is 1.92 bits per heavy atom. The second-order valence-electron chi connectivity index (χ2n) is 8.78. The lowest BCUT2D eigenvalue weighted by atomic mass is 9.87. The molecule has 2 N–H and O–H groups in total. The highest BCUT2D eigenvalue weighted by Crippen LogP contribution is 2.29. The van der Waals surface area contributed by atoms with Crippen LogP contribution in [0.2, 0.25) is 0 Å². The summed E-state index contributed by atoms with van der Waals surface area (Å²) in [6.07, 6.45) is 2.62. The van der Waals surface area contributed by atoms with Crippen LogP contribution in [0, 0.1) is 11.8 Å². The monoisotopic (exact) mass is 385 g/mol. The van der Waals surface area contributed by atoms with Crippen LogP contribution in [0.3, 0.4) is 0 Å². The maximum atomic E-state index is 12.1. The zero-order valence-electron chi connectivity index (χ0n) is 16.8. The summed E-state index contributed by atoms with van der Waals surface area (Å²) in [6, 6.07) is 0.0346. The molecule has 0 aliphatic carbocycles. The largest absolute Gasteiger partial charge is 0.444 e. The number of hydrogen-bond acceptors (Lipinski definition) is 4. The molecule has 0 bridgehead atoms. The first kappa shape index (κ1) is 21.2. The summed E-state index contributed by atoms with van der Waals surface area (Å²) in [4.78, 5) is 14.3. The summed E-state index contributed by atoms with van der Waals surface area (Å²) in [7, 11) is 0. The first-order valence-electron chi connectivity index (χ1n) is 9.79. The van der Waals surface area contributed by atoms with Crippen LogP contribution < -0.4 is 10.6 Å². The number of nitrogens with one attached hydrogen (secondary N) is 2. The van der Waals surface area contributed by atoms with Crippen molar-refractivity contribution in [3.05, 3.63) is 0 Å². The molecule has 0 aromatic heterocycles. The number of carbonyl (C=O) groups excluding carboxylic acids is 1. The molecule has 2 aliphatic rings. The number of likely N-dealkylation sites (tertiary alicyclic amines) is 1. The van der Waals surface area contributed by atoms with Crippen LogP contribution in [0.15, 0.2) is 0 Å². The van der Waals surface area contributed by atoms with Crippen molar-refractivity contribution < 1.29 is 14.3 Å². The molecule has 2 saturated heterocycles. The molecule has 0 unspecified atom stereocenters. The van der Waals surface area contributed by atoms with E-state index in [2.05, 4.69) is 29.4 Å². The van der Waals surface area contributed by atoms with Gasteiger partial charge in [0.2, 0.25) is 0 Å². The number of alkyl carbamates (subject to hydrolysis) is 1. The molecular formula is C19H35N3O3S. The van der Waals surface area contributed by atoms with Gasteiger partial charge in [0.05, 0.1) is 12.1 Å². The lowest BCUT2D eigenvalue weighted by Gasteiger charge is -2.37. The second kappa shape index (κ2) is 9.22. The van der Waals surface area contributed by atoms with E-state index in [1.54, 1.807) is 0 Å². The standard InChI is InChI=1S/C19H35N3O3S/c1-13(2)12-20-17(26)22-9-6-14(7-10-22)16-15(8-11-24-16)21-18(23)25-19(3,4)5/h13-16H,6-12H2,1-5H3,(H,20,26)(H,21,23)/t15-,16+/m1/s1. The van der Waals surface area contributed by atoms with Gasteiger partial charge in [0.1, 0.15) is 5.60 Å². The van der Waals surface area contributed by atoms with Gasteiger partial charge >= 0.3 is 6.09 Å². The Kier molecular flexibility index (Phi) is 7.52. The molecule has 1 amide bonds. The molecule has 0 radical (unpaired) electrons. The fraction of sp³-hybridized carbons (Fsp3) is 0.895. The van der Waals surface area contributed by atoms with Crippen molar-refractivity contribution in [1.82, 2.24) is 15.5 Å². The average molecular weight is 386 g/mol. The van der Waals surface area contributed by atoms with Gasteiger partial charge in [0.15, 0.2) is 5.11 Å². The van der Waals surface area contributed by atoms with E-state index >= 15 is 0 Å². The van der Waals surface area contributed by atoms with E-state index in [-0.39, 0.29) is 18.2 Å². The van der Waals surface area contributed by atoms with E-state index < -0.39 is 5.60 Å². The summed E-state index contributed by atoms with van der Waals surface area (Å²) in [5, 5.41) is 7.21. The van der Waals surface area contributed by atoms with E-state index in [9.17, 15) is 4.79 Å². The van der Waals surface area contributed by atoms with Crippen molar-refractivity contribution in [2.45, 2.75) is 71.6 Å². The Hall–Kier alpha value is -1.08. The first-order chi connectivity index (χ1) is 12.2. The van der Waals surface area contributed by atoms with Crippen molar-refractivity contribution in [1.29, 1.82) is 0 Å².